The molecule has 0 unspecified atom stereocenters. The van der Waals surface area contributed by atoms with Gasteiger partial charge in [-0.2, -0.15) is 0 Å². The van der Waals surface area contributed by atoms with Crippen LogP contribution in [0.25, 0.3) is 11.1 Å². The first-order chi connectivity index (χ1) is 11.7. The number of pyridine rings is 1. The smallest absolute Gasteiger partial charge is 0.123 e. The van der Waals surface area contributed by atoms with E-state index in [9.17, 15) is 0 Å². The Morgan fingerprint density at radius 1 is 1.04 bits per heavy atom. The van der Waals surface area contributed by atoms with Crippen molar-refractivity contribution in [3.05, 3.63) is 42.2 Å². The normalized spacial score (nSPS) is 15.8. The number of hydrogen-bond acceptors (Lipinski definition) is 5. The average molecular weight is 329 g/mol. The van der Waals surface area contributed by atoms with Gasteiger partial charge in [0, 0.05) is 23.9 Å². The van der Waals surface area contributed by atoms with E-state index < -0.39 is 0 Å². The Bertz CT molecular complexity index is 666. The van der Waals surface area contributed by atoms with Crippen molar-refractivity contribution in [3.8, 4) is 22.6 Å². The third-order valence-corrected chi connectivity index (χ3v) is 3.91. The van der Waals surface area contributed by atoms with Crippen LogP contribution in [-0.2, 0) is 9.47 Å². The summed E-state index contributed by atoms with van der Waals surface area (Å²) in [5.74, 6) is 1.79. The van der Waals surface area contributed by atoms with Crippen LogP contribution < -0.4 is 9.47 Å². The van der Waals surface area contributed by atoms with Crippen LogP contribution in [0.15, 0.2) is 36.5 Å². The summed E-state index contributed by atoms with van der Waals surface area (Å²) in [5, 5.41) is 0. The standard InChI is InChI=1S/C19H23NO4/c1-14-7-16(3-4-20-14)17-8-18(21-2)10-19(9-17)24-13-15-11-22-5-6-23-12-15/h3-4,7-10,15H,5-6,11-13H2,1-2H3. The molecule has 1 aliphatic heterocycles. The molecule has 128 valence electrons. The third-order valence-electron chi connectivity index (χ3n) is 3.91. The maximum Gasteiger partial charge on any atom is 0.123 e. The van der Waals surface area contributed by atoms with Gasteiger partial charge in [0.15, 0.2) is 0 Å². The van der Waals surface area contributed by atoms with E-state index in [1.165, 1.54) is 0 Å². The van der Waals surface area contributed by atoms with Gasteiger partial charge in [-0.1, -0.05) is 0 Å². The largest absolute Gasteiger partial charge is 0.497 e. The second-order valence-corrected chi connectivity index (χ2v) is 5.91. The minimum Gasteiger partial charge on any atom is -0.497 e. The second kappa shape index (κ2) is 8.13. The summed E-state index contributed by atoms with van der Waals surface area (Å²) in [4.78, 5) is 4.25. The molecule has 2 aromatic rings. The van der Waals surface area contributed by atoms with Crippen LogP contribution in [0.5, 0.6) is 11.5 Å². The van der Waals surface area contributed by atoms with Crippen molar-refractivity contribution in [1.29, 1.82) is 0 Å². The van der Waals surface area contributed by atoms with Gasteiger partial charge < -0.3 is 18.9 Å². The fraction of sp³-hybridized carbons (Fsp3) is 0.421. The Morgan fingerprint density at radius 2 is 1.79 bits per heavy atom. The molecule has 0 aliphatic carbocycles. The molecule has 0 spiro atoms. The lowest BCUT2D eigenvalue weighted by Crippen LogP contribution is -2.20. The van der Waals surface area contributed by atoms with Gasteiger partial charge in [0.1, 0.15) is 11.5 Å². The maximum absolute atomic E-state index is 5.98. The molecule has 1 aromatic carbocycles. The van der Waals surface area contributed by atoms with Crippen molar-refractivity contribution in [2.75, 3.05) is 40.1 Å². The Kier molecular flexibility index (Phi) is 5.67. The van der Waals surface area contributed by atoms with E-state index in [0.717, 1.165) is 28.3 Å². The summed E-state index contributed by atoms with van der Waals surface area (Å²) in [6.45, 7) is 5.18. The summed E-state index contributed by atoms with van der Waals surface area (Å²) in [6, 6.07) is 9.95. The zero-order valence-corrected chi connectivity index (χ0v) is 14.2. The lowest BCUT2D eigenvalue weighted by atomic mass is 10.1. The van der Waals surface area contributed by atoms with Gasteiger partial charge in [-0.15, -0.1) is 0 Å². The Balaban J connectivity index is 1.76. The summed E-state index contributed by atoms with van der Waals surface area (Å²) in [7, 11) is 1.66. The third kappa shape index (κ3) is 4.46. The highest BCUT2D eigenvalue weighted by molar-refractivity contribution is 5.67. The molecular weight excluding hydrogens is 306 g/mol. The molecule has 1 fully saturated rings. The first kappa shape index (κ1) is 16.7. The van der Waals surface area contributed by atoms with Gasteiger partial charge >= 0.3 is 0 Å². The average Bonchev–Trinajstić information content (AvgIpc) is 2.88. The number of ether oxygens (including phenoxy) is 4. The van der Waals surface area contributed by atoms with Crippen molar-refractivity contribution < 1.29 is 18.9 Å². The maximum atomic E-state index is 5.98. The molecule has 2 heterocycles. The molecule has 0 N–H and O–H groups in total. The van der Waals surface area contributed by atoms with E-state index >= 15 is 0 Å². The Hall–Kier alpha value is -2.11. The summed E-state index contributed by atoms with van der Waals surface area (Å²) < 4.78 is 22.4. The number of aromatic nitrogens is 1. The minimum atomic E-state index is 0.241. The zero-order chi connectivity index (χ0) is 16.8. The fourth-order valence-electron chi connectivity index (χ4n) is 2.64. The Labute approximate surface area is 142 Å². The van der Waals surface area contributed by atoms with Crippen molar-refractivity contribution in [1.82, 2.24) is 4.98 Å². The number of aryl methyl sites for hydroxylation is 1. The molecule has 0 saturated carbocycles. The number of hydrogen-bond donors (Lipinski definition) is 0. The topological polar surface area (TPSA) is 49.8 Å². The van der Waals surface area contributed by atoms with E-state index in [4.69, 9.17) is 18.9 Å². The Morgan fingerprint density at radius 3 is 2.50 bits per heavy atom. The van der Waals surface area contributed by atoms with Crippen molar-refractivity contribution in [2.45, 2.75) is 6.92 Å². The van der Waals surface area contributed by atoms with Gasteiger partial charge in [0.25, 0.3) is 0 Å². The summed E-state index contributed by atoms with van der Waals surface area (Å²) in [5.41, 5.74) is 3.11. The highest BCUT2D eigenvalue weighted by Gasteiger charge is 2.14. The first-order valence-corrected chi connectivity index (χ1v) is 8.15. The first-order valence-electron chi connectivity index (χ1n) is 8.15. The predicted octanol–water partition coefficient (Wildman–Crippen LogP) is 3.11. The van der Waals surface area contributed by atoms with E-state index in [2.05, 4.69) is 4.98 Å². The monoisotopic (exact) mass is 329 g/mol. The van der Waals surface area contributed by atoms with Crippen LogP contribution in [0.4, 0.5) is 0 Å². The quantitative estimate of drug-likeness (QED) is 0.843. The molecule has 1 saturated heterocycles. The van der Waals surface area contributed by atoms with Crippen molar-refractivity contribution in [2.24, 2.45) is 5.92 Å². The molecule has 24 heavy (non-hydrogen) atoms. The molecule has 5 heteroatoms. The molecule has 0 radical (unpaired) electrons. The van der Waals surface area contributed by atoms with Gasteiger partial charge in [-0.05, 0) is 42.3 Å². The molecular formula is C19H23NO4. The number of rotatable bonds is 5. The van der Waals surface area contributed by atoms with Crippen LogP contribution in [0, 0.1) is 12.8 Å². The summed E-state index contributed by atoms with van der Waals surface area (Å²) in [6.07, 6.45) is 1.81. The van der Waals surface area contributed by atoms with Gasteiger partial charge in [-0.3, -0.25) is 4.98 Å². The van der Waals surface area contributed by atoms with Crippen molar-refractivity contribution >= 4 is 0 Å². The van der Waals surface area contributed by atoms with Crippen LogP contribution in [0.2, 0.25) is 0 Å². The molecule has 0 atom stereocenters. The molecule has 5 nitrogen and oxygen atoms in total. The van der Waals surface area contributed by atoms with Crippen LogP contribution in [0.1, 0.15) is 5.69 Å². The predicted molar refractivity (Wildman–Crippen MR) is 91.6 cm³/mol. The van der Waals surface area contributed by atoms with E-state index in [1.807, 2.05) is 43.5 Å². The highest BCUT2D eigenvalue weighted by atomic mass is 16.5. The number of nitrogens with zero attached hydrogens (tertiary/aromatic N) is 1. The van der Waals surface area contributed by atoms with Gasteiger partial charge in [-0.25, -0.2) is 0 Å². The zero-order valence-electron chi connectivity index (χ0n) is 14.2. The molecule has 1 aromatic heterocycles. The second-order valence-electron chi connectivity index (χ2n) is 5.91. The number of methoxy groups -OCH3 is 1. The van der Waals surface area contributed by atoms with Gasteiger partial charge in [0.05, 0.1) is 40.1 Å². The van der Waals surface area contributed by atoms with Crippen LogP contribution in [-0.4, -0.2) is 45.1 Å². The van der Waals surface area contributed by atoms with Crippen LogP contribution in [0.3, 0.4) is 0 Å². The lowest BCUT2D eigenvalue weighted by molar-refractivity contribution is 0.101. The van der Waals surface area contributed by atoms with E-state index in [-0.39, 0.29) is 5.92 Å². The lowest BCUT2D eigenvalue weighted by Gasteiger charge is -2.16. The number of benzene rings is 1. The summed E-state index contributed by atoms with van der Waals surface area (Å²) >= 11 is 0. The highest BCUT2D eigenvalue weighted by Crippen LogP contribution is 2.30. The molecule has 3 rings (SSSR count). The molecule has 0 amide bonds. The fourth-order valence-corrected chi connectivity index (χ4v) is 2.64. The van der Waals surface area contributed by atoms with E-state index in [0.29, 0.717) is 33.0 Å². The van der Waals surface area contributed by atoms with Crippen LogP contribution >= 0.6 is 0 Å². The minimum absolute atomic E-state index is 0.241. The van der Waals surface area contributed by atoms with E-state index in [1.54, 1.807) is 7.11 Å². The SMILES string of the molecule is COc1cc(OCC2COCCOC2)cc(-c2ccnc(C)c2)c1. The molecule has 0 bridgehead atoms. The van der Waals surface area contributed by atoms with Crippen molar-refractivity contribution in [3.63, 3.8) is 0 Å². The van der Waals surface area contributed by atoms with Gasteiger partial charge in [0.2, 0.25) is 0 Å². The molecule has 1 aliphatic rings.